The fraction of sp³-hybridized carbons (Fsp3) is 0.500. The smallest absolute Gasteiger partial charge is 0.323 e. The van der Waals surface area contributed by atoms with Crippen LogP contribution in [-0.4, -0.2) is 9.78 Å². The van der Waals surface area contributed by atoms with Gasteiger partial charge in [-0.2, -0.15) is 13.9 Å². The molecule has 62 valence electrons. The number of halogens is 2. The summed E-state index contributed by atoms with van der Waals surface area (Å²) in [5.41, 5.74) is 5.75. The Hall–Kier alpha value is -0.970. The van der Waals surface area contributed by atoms with E-state index in [0.29, 0.717) is 10.4 Å². The predicted octanol–water partition coefficient (Wildman–Crippen LogP) is 1.30. The first-order valence-corrected chi connectivity index (χ1v) is 3.20. The average Bonchev–Trinajstić information content (AvgIpc) is 2.32. The highest BCUT2D eigenvalue weighted by Crippen LogP contribution is 2.16. The van der Waals surface area contributed by atoms with Crippen LogP contribution in [-0.2, 0) is 0 Å². The third-order valence-corrected chi connectivity index (χ3v) is 1.35. The second-order valence-electron chi connectivity index (χ2n) is 2.27. The van der Waals surface area contributed by atoms with E-state index in [1.54, 1.807) is 6.92 Å². The van der Waals surface area contributed by atoms with Crippen LogP contribution in [0.2, 0.25) is 0 Å². The molecule has 3 nitrogen and oxygen atoms in total. The van der Waals surface area contributed by atoms with Gasteiger partial charge in [0.2, 0.25) is 0 Å². The zero-order chi connectivity index (χ0) is 8.43. The maximum atomic E-state index is 12.1. The van der Waals surface area contributed by atoms with Crippen LogP contribution in [0, 0.1) is 0 Å². The Bertz CT molecular complexity index is 209. The fourth-order valence-electron chi connectivity index (χ4n) is 0.848. The molecule has 1 aromatic rings. The van der Waals surface area contributed by atoms with Crippen molar-refractivity contribution < 1.29 is 8.78 Å². The van der Waals surface area contributed by atoms with Crippen LogP contribution in [0.1, 0.15) is 25.2 Å². The third kappa shape index (κ3) is 1.54. The van der Waals surface area contributed by atoms with Crippen molar-refractivity contribution >= 4 is 0 Å². The van der Waals surface area contributed by atoms with Crippen molar-refractivity contribution in [3.63, 3.8) is 0 Å². The van der Waals surface area contributed by atoms with Crippen LogP contribution in [0.3, 0.4) is 0 Å². The lowest BCUT2D eigenvalue weighted by molar-refractivity contribution is 0.0525. The summed E-state index contributed by atoms with van der Waals surface area (Å²) < 4.78 is 24.7. The third-order valence-electron chi connectivity index (χ3n) is 1.35. The molecule has 0 radical (unpaired) electrons. The van der Waals surface area contributed by atoms with Crippen molar-refractivity contribution in [1.29, 1.82) is 0 Å². The van der Waals surface area contributed by atoms with E-state index in [1.165, 1.54) is 12.3 Å². The van der Waals surface area contributed by atoms with Crippen molar-refractivity contribution in [3.8, 4) is 0 Å². The number of nitrogens with zero attached hydrogens (tertiary/aromatic N) is 2. The van der Waals surface area contributed by atoms with E-state index in [2.05, 4.69) is 5.10 Å². The molecule has 0 aliphatic carbocycles. The molecule has 0 aliphatic heterocycles. The molecular formula is C6H9F2N3. The summed E-state index contributed by atoms with van der Waals surface area (Å²) in [4.78, 5) is 0. The lowest BCUT2D eigenvalue weighted by Crippen LogP contribution is -2.13. The summed E-state index contributed by atoms with van der Waals surface area (Å²) in [5, 5.41) is 3.42. The van der Waals surface area contributed by atoms with E-state index in [1.807, 2.05) is 0 Å². The second kappa shape index (κ2) is 2.96. The summed E-state index contributed by atoms with van der Waals surface area (Å²) in [6.07, 6.45) is 1.31. The normalized spacial score (nSPS) is 13.9. The van der Waals surface area contributed by atoms with Crippen molar-refractivity contribution in [3.05, 3.63) is 18.0 Å². The van der Waals surface area contributed by atoms with Crippen LogP contribution in [0.15, 0.2) is 12.3 Å². The first kappa shape index (κ1) is 8.13. The van der Waals surface area contributed by atoms with Crippen LogP contribution in [0.5, 0.6) is 0 Å². The summed E-state index contributed by atoms with van der Waals surface area (Å²) in [6, 6.07) is 1.07. The van der Waals surface area contributed by atoms with Crippen LogP contribution in [0.4, 0.5) is 8.78 Å². The maximum absolute atomic E-state index is 12.1. The molecular weight excluding hydrogens is 152 g/mol. The van der Waals surface area contributed by atoms with Gasteiger partial charge in [-0.15, -0.1) is 0 Å². The molecule has 1 aromatic heterocycles. The largest absolute Gasteiger partial charge is 0.333 e. The van der Waals surface area contributed by atoms with Crippen LogP contribution in [0.25, 0.3) is 0 Å². The van der Waals surface area contributed by atoms with Gasteiger partial charge < -0.3 is 5.73 Å². The standard InChI is InChI=1S/C6H9F2N3/c1-4(9)5-2-3-10-11(5)6(7)8/h2-4,6H,9H2,1H3. The minimum atomic E-state index is -2.61. The van der Waals surface area contributed by atoms with E-state index < -0.39 is 12.6 Å². The van der Waals surface area contributed by atoms with Gasteiger partial charge in [0.25, 0.3) is 0 Å². The molecule has 0 bridgehead atoms. The Balaban J connectivity index is 2.96. The Morgan fingerprint density at radius 2 is 2.27 bits per heavy atom. The Morgan fingerprint density at radius 1 is 1.64 bits per heavy atom. The number of nitrogens with two attached hydrogens (primary N) is 1. The first-order chi connectivity index (χ1) is 5.13. The summed E-state index contributed by atoms with van der Waals surface area (Å²) >= 11 is 0. The van der Waals surface area contributed by atoms with Gasteiger partial charge in [-0.3, -0.25) is 0 Å². The fourth-order valence-corrected chi connectivity index (χ4v) is 0.848. The predicted molar refractivity (Wildman–Crippen MR) is 36.1 cm³/mol. The van der Waals surface area contributed by atoms with Crippen molar-refractivity contribution in [2.45, 2.75) is 19.5 Å². The molecule has 0 saturated heterocycles. The van der Waals surface area contributed by atoms with Crippen LogP contribution < -0.4 is 5.73 Å². The van der Waals surface area contributed by atoms with Crippen molar-refractivity contribution in [2.24, 2.45) is 5.73 Å². The SMILES string of the molecule is CC(N)c1ccnn1C(F)F. The highest BCUT2D eigenvalue weighted by atomic mass is 19.3. The number of alkyl halides is 2. The summed E-state index contributed by atoms with van der Waals surface area (Å²) in [6.45, 7) is -0.971. The molecule has 5 heteroatoms. The Kier molecular flexibility index (Phi) is 2.19. The molecule has 0 spiro atoms. The molecule has 1 rings (SSSR count). The molecule has 0 aliphatic rings. The lowest BCUT2D eigenvalue weighted by atomic mass is 10.2. The topological polar surface area (TPSA) is 43.8 Å². The van der Waals surface area contributed by atoms with E-state index >= 15 is 0 Å². The first-order valence-electron chi connectivity index (χ1n) is 3.20. The molecule has 1 unspecified atom stereocenters. The highest BCUT2D eigenvalue weighted by molar-refractivity contribution is 5.04. The molecule has 0 fully saturated rings. The highest BCUT2D eigenvalue weighted by Gasteiger charge is 2.13. The van der Waals surface area contributed by atoms with E-state index in [-0.39, 0.29) is 0 Å². The van der Waals surface area contributed by atoms with Gasteiger partial charge in [-0.25, -0.2) is 4.68 Å². The Morgan fingerprint density at radius 3 is 2.64 bits per heavy atom. The van der Waals surface area contributed by atoms with Crippen molar-refractivity contribution in [1.82, 2.24) is 9.78 Å². The molecule has 0 saturated carbocycles. The van der Waals surface area contributed by atoms with Gasteiger partial charge in [0.05, 0.1) is 5.69 Å². The van der Waals surface area contributed by atoms with Crippen molar-refractivity contribution in [2.75, 3.05) is 0 Å². The zero-order valence-electron chi connectivity index (χ0n) is 6.04. The minimum Gasteiger partial charge on any atom is -0.323 e. The van der Waals surface area contributed by atoms with E-state index in [9.17, 15) is 8.78 Å². The van der Waals surface area contributed by atoms with Gasteiger partial charge in [-0.05, 0) is 13.0 Å². The lowest BCUT2D eigenvalue weighted by Gasteiger charge is -2.07. The molecule has 0 amide bonds. The summed E-state index contributed by atoms with van der Waals surface area (Å²) in [7, 11) is 0. The van der Waals surface area contributed by atoms with Gasteiger partial charge in [0, 0.05) is 12.2 Å². The number of hydrogen-bond donors (Lipinski definition) is 1. The Labute approximate surface area is 62.8 Å². The molecule has 1 atom stereocenters. The quantitative estimate of drug-likeness (QED) is 0.710. The van der Waals surface area contributed by atoms with E-state index in [4.69, 9.17) is 5.73 Å². The second-order valence-corrected chi connectivity index (χ2v) is 2.27. The molecule has 0 aromatic carbocycles. The number of hydrogen-bond acceptors (Lipinski definition) is 2. The number of rotatable bonds is 2. The monoisotopic (exact) mass is 161 g/mol. The minimum absolute atomic E-state index is 0.347. The average molecular weight is 161 g/mol. The summed E-state index contributed by atoms with van der Waals surface area (Å²) in [5.74, 6) is 0. The van der Waals surface area contributed by atoms with Gasteiger partial charge in [-0.1, -0.05) is 0 Å². The number of aromatic nitrogens is 2. The van der Waals surface area contributed by atoms with Crippen LogP contribution >= 0.6 is 0 Å². The van der Waals surface area contributed by atoms with Gasteiger partial charge >= 0.3 is 6.55 Å². The molecule has 1 heterocycles. The zero-order valence-corrected chi connectivity index (χ0v) is 6.04. The van der Waals surface area contributed by atoms with Gasteiger partial charge in [0.1, 0.15) is 0 Å². The van der Waals surface area contributed by atoms with Gasteiger partial charge in [0.15, 0.2) is 0 Å². The molecule has 2 N–H and O–H groups in total. The molecule has 11 heavy (non-hydrogen) atoms. The maximum Gasteiger partial charge on any atom is 0.333 e. The van der Waals surface area contributed by atoms with E-state index in [0.717, 1.165) is 0 Å².